The van der Waals surface area contributed by atoms with E-state index >= 15 is 0 Å². The lowest BCUT2D eigenvalue weighted by atomic mass is 10.1. The van der Waals surface area contributed by atoms with Crippen LogP contribution in [0.3, 0.4) is 0 Å². The number of aromatic amines is 1. The number of carbonyl (C=O) groups is 1. The molecule has 7 nitrogen and oxygen atoms in total. The zero-order chi connectivity index (χ0) is 17.4. The molecule has 1 aliphatic rings. The quantitative estimate of drug-likeness (QED) is 0.709. The molecule has 2 heterocycles. The van der Waals surface area contributed by atoms with Crippen molar-refractivity contribution >= 4 is 41.7 Å². The second-order valence-electron chi connectivity index (χ2n) is 4.78. The Morgan fingerprint density at radius 1 is 1.38 bits per heavy atom. The average Bonchev–Trinajstić information content (AvgIpc) is 3.11. The van der Waals surface area contributed by atoms with Crippen LogP contribution in [0.4, 0.5) is 0 Å². The summed E-state index contributed by atoms with van der Waals surface area (Å²) in [6.07, 6.45) is 3.08. The van der Waals surface area contributed by atoms with Crippen molar-refractivity contribution in [3.63, 3.8) is 0 Å². The lowest BCUT2D eigenvalue weighted by molar-refractivity contribution is -0.132. The predicted octanol–water partition coefficient (Wildman–Crippen LogP) is 1.42. The molecule has 124 valence electrons. The molecule has 0 amide bonds. The number of thiazole rings is 1. The van der Waals surface area contributed by atoms with Crippen LogP contribution in [0.2, 0.25) is 0 Å². The van der Waals surface area contributed by atoms with Crippen molar-refractivity contribution in [2.75, 3.05) is 14.2 Å². The molecule has 0 spiro atoms. The summed E-state index contributed by atoms with van der Waals surface area (Å²) in [5, 5.41) is 20.0. The van der Waals surface area contributed by atoms with E-state index in [9.17, 15) is 15.0 Å². The van der Waals surface area contributed by atoms with Crippen molar-refractivity contribution in [2.24, 2.45) is 4.99 Å². The van der Waals surface area contributed by atoms with Crippen LogP contribution in [0, 0.1) is 3.95 Å². The standard InChI is InChI=1S/C15H12N2O5S2/c1-21-9-5-10(22-2)7(4-11-13(18)17-15(23)24-11)12-6(9)3-8(16-12)14(19)20/h3-5,18H,1-2H3,(H,17,23)(H,19,20)/b7-4+. The number of benzene rings is 1. The Labute approximate surface area is 144 Å². The van der Waals surface area contributed by atoms with E-state index in [4.69, 9.17) is 21.7 Å². The van der Waals surface area contributed by atoms with E-state index in [-0.39, 0.29) is 11.6 Å². The van der Waals surface area contributed by atoms with Crippen LogP contribution >= 0.6 is 23.6 Å². The van der Waals surface area contributed by atoms with Gasteiger partial charge in [0.1, 0.15) is 17.2 Å². The molecule has 0 radical (unpaired) electrons. The van der Waals surface area contributed by atoms with Gasteiger partial charge in [-0.1, -0.05) is 0 Å². The second kappa shape index (κ2) is 6.10. The molecule has 1 aromatic carbocycles. The maximum absolute atomic E-state index is 11.3. The van der Waals surface area contributed by atoms with Gasteiger partial charge < -0.3 is 24.7 Å². The molecular weight excluding hydrogens is 352 g/mol. The Kier molecular flexibility index (Phi) is 4.12. The third kappa shape index (κ3) is 2.68. The zero-order valence-corrected chi connectivity index (χ0v) is 14.2. The molecular formula is C15H12N2O5S2. The molecule has 0 saturated carbocycles. The molecule has 0 aliphatic carbocycles. The number of hydrogen-bond acceptors (Lipinski definition) is 7. The van der Waals surface area contributed by atoms with Crippen molar-refractivity contribution < 1.29 is 24.5 Å². The smallest absolute Gasteiger partial charge is 0.354 e. The van der Waals surface area contributed by atoms with E-state index in [2.05, 4.69) is 9.98 Å². The first-order chi connectivity index (χ1) is 11.4. The van der Waals surface area contributed by atoms with Crippen LogP contribution in [-0.2, 0) is 4.79 Å². The normalized spacial score (nSPS) is 13.2. The molecule has 0 fully saturated rings. The summed E-state index contributed by atoms with van der Waals surface area (Å²) in [4.78, 5) is 18.5. The van der Waals surface area contributed by atoms with Gasteiger partial charge in [-0.25, -0.2) is 9.79 Å². The maximum Gasteiger partial charge on any atom is 0.354 e. The summed E-state index contributed by atoms with van der Waals surface area (Å²) < 4.78 is 11.1. The molecule has 1 aliphatic heterocycles. The molecule has 0 bridgehead atoms. The second-order valence-corrected chi connectivity index (χ2v) is 6.49. The molecule has 24 heavy (non-hydrogen) atoms. The Hall–Kier alpha value is -2.65. The largest absolute Gasteiger partial charge is 0.496 e. The van der Waals surface area contributed by atoms with E-state index in [1.165, 1.54) is 31.6 Å². The number of nitrogens with one attached hydrogen (secondary N) is 1. The summed E-state index contributed by atoms with van der Waals surface area (Å²) in [5.41, 5.74) is 0.442. The van der Waals surface area contributed by atoms with E-state index in [0.29, 0.717) is 36.5 Å². The maximum atomic E-state index is 11.3. The van der Waals surface area contributed by atoms with Gasteiger partial charge in [0, 0.05) is 16.8 Å². The van der Waals surface area contributed by atoms with Gasteiger partial charge in [-0.2, -0.15) is 0 Å². The van der Waals surface area contributed by atoms with E-state index in [1.54, 1.807) is 12.1 Å². The van der Waals surface area contributed by atoms with Crippen LogP contribution in [0.5, 0.6) is 17.4 Å². The van der Waals surface area contributed by atoms with Crippen LogP contribution in [0.1, 0.15) is 10.4 Å². The van der Waals surface area contributed by atoms with Crippen molar-refractivity contribution in [2.45, 2.75) is 0 Å². The number of fused-ring (bicyclic) bond motifs is 1. The summed E-state index contributed by atoms with van der Waals surface area (Å²) in [7, 11) is 2.96. The van der Waals surface area contributed by atoms with Crippen molar-refractivity contribution in [3.05, 3.63) is 36.7 Å². The van der Waals surface area contributed by atoms with Crippen LogP contribution in [0.25, 0.3) is 12.2 Å². The number of nitrogens with zero attached hydrogens (tertiary/aromatic N) is 1. The lowest BCUT2D eigenvalue weighted by Gasteiger charge is -2.08. The fourth-order valence-electron chi connectivity index (χ4n) is 2.35. The third-order valence-electron chi connectivity index (χ3n) is 3.41. The highest BCUT2D eigenvalue weighted by molar-refractivity contribution is 7.73. The first kappa shape index (κ1) is 16.2. The monoisotopic (exact) mass is 364 g/mol. The number of H-pyrrole nitrogens is 1. The van der Waals surface area contributed by atoms with Crippen LogP contribution in [0.15, 0.2) is 16.8 Å². The van der Waals surface area contributed by atoms with Crippen molar-refractivity contribution in [3.8, 4) is 17.4 Å². The first-order valence-corrected chi connectivity index (χ1v) is 7.89. The molecule has 9 heteroatoms. The van der Waals surface area contributed by atoms with E-state index in [1.807, 2.05) is 0 Å². The Balaban J connectivity index is 2.39. The number of aromatic hydroxyl groups is 1. The minimum atomic E-state index is -1.14. The highest BCUT2D eigenvalue weighted by Crippen LogP contribution is 2.26. The van der Waals surface area contributed by atoms with Crippen LogP contribution < -0.4 is 20.0 Å². The highest BCUT2D eigenvalue weighted by Gasteiger charge is 2.20. The minimum Gasteiger partial charge on any atom is -0.496 e. The summed E-state index contributed by atoms with van der Waals surface area (Å²) in [6.45, 7) is 0. The van der Waals surface area contributed by atoms with Gasteiger partial charge in [0.15, 0.2) is 3.95 Å². The molecule has 0 atom stereocenters. The number of rotatable bonds is 4. The molecule has 2 aromatic rings. The number of aliphatic carboxylic acids is 1. The summed E-state index contributed by atoms with van der Waals surface area (Å²) in [6, 6.07) is 1.64. The summed E-state index contributed by atoms with van der Waals surface area (Å²) in [5.74, 6) is -0.322. The highest BCUT2D eigenvalue weighted by atomic mass is 32.1. The average molecular weight is 364 g/mol. The summed E-state index contributed by atoms with van der Waals surface area (Å²) >= 11 is 6.19. The van der Waals surface area contributed by atoms with E-state index < -0.39 is 5.97 Å². The minimum absolute atomic E-state index is 0.0685. The first-order valence-electron chi connectivity index (χ1n) is 6.67. The molecule has 3 rings (SSSR count). The SMILES string of the molecule is COc1cc(OC)/c(=C\c2sc(=S)[nH]c2O)c2c1C=C(C(=O)O)N=2. The fraction of sp³-hybridized carbons (Fsp3) is 0.133. The van der Waals surface area contributed by atoms with Crippen LogP contribution in [-0.4, -0.2) is 35.4 Å². The fourth-order valence-corrected chi connectivity index (χ4v) is 3.39. The Bertz CT molecular complexity index is 1050. The number of carboxylic acids is 1. The number of aromatic nitrogens is 1. The number of methoxy groups -OCH3 is 2. The number of ether oxygens (including phenoxy) is 2. The van der Waals surface area contributed by atoms with Gasteiger partial charge in [0.2, 0.25) is 5.88 Å². The number of carboxylic acid groups (broad SMARTS) is 1. The predicted molar refractivity (Wildman–Crippen MR) is 90.7 cm³/mol. The van der Waals surface area contributed by atoms with E-state index in [0.717, 1.165) is 0 Å². The van der Waals surface area contributed by atoms with Gasteiger partial charge in [-0.3, -0.25) is 0 Å². The van der Waals surface area contributed by atoms with Gasteiger partial charge in [-0.15, -0.1) is 11.3 Å². The lowest BCUT2D eigenvalue weighted by Crippen LogP contribution is -2.28. The van der Waals surface area contributed by atoms with Crippen molar-refractivity contribution in [1.82, 2.24) is 4.98 Å². The number of hydrogen-bond donors (Lipinski definition) is 3. The third-order valence-corrected chi connectivity index (χ3v) is 4.58. The Morgan fingerprint density at radius 2 is 2.08 bits per heavy atom. The van der Waals surface area contributed by atoms with Crippen molar-refractivity contribution in [1.29, 1.82) is 0 Å². The molecule has 1 aromatic heterocycles. The molecule has 0 unspecified atom stereocenters. The van der Waals surface area contributed by atoms with Gasteiger partial charge in [0.05, 0.1) is 24.5 Å². The van der Waals surface area contributed by atoms with Gasteiger partial charge in [0.25, 0.3) is 0 Å². The van der Waals surface area contributed by atoms with Gasteiger partial charge in [-0.05, 0) is 24.4 Å². The van der Waals surface area contributed by atoms with Gasteiger partial charge >= 0.3 is 5.97 Å². The molecule has 0 saturated heterocycles. The zero-order valence-electron chi connectivity index (χ0n) is 12.6. The molecule has 3 N–H and O–H groups in total. The topological polar surface area (TPSA) is 104 Å². The Morgan fingerprint density at radius 3 is 2.62 bits per heavy atom.